The van der Waals surface area contributed by atoms with Crippen molar-refractivity contribution in [2.24, 2.45) is 11.3 Å². The van der Waals surface area contributed by atoms with Crippen LogP contribution in [0, 0.1) is 11.3 Å². The largest absolute Gasteiger partial charge is 0.469 e. The Morgan fingerprint density at radius 3 is 2.55 bits per heavy atom. The van der Waals surface area contributed by atoms with Gasteiger partial charge in [0.15, 0.2) is 0 Å². The molecule has 0 aliphatic heterocycles. The second kappa shape index (κ2) is 7.44. The van der Waals surface area contributed by atoms with Crippen molar-refractivity contribution in [3.05, 3.63) is 0 Å². The van der Waals surface area contributed by atoms with E-state index in [4.69, 9.17) is 4.74 Å². The molecule has 1 saturated carbocycles. The fourth-order valence-corrected chi connectivity index (χ4v) is 3.43. The van der Waals surface area contributed by atoms with Crippen LogP contribution in [-0.2, 0) is 9.53 Å². The molecule has 1 N–H and O–H groups in total. The third-order valence-corrected chi connectivity index (χ3v) is 4.86. The molecule has 0 spiro atoms. The van der Waals surface area contributed by atoms with Crippen molar-refractivity contribution in [1.82, 2.24) is 5.32 Å². The molecular formula is C17H33NO2. The SMILES string of the molecule is CCCNC1(CC(=O)OC)CCCC(C(C)(C)C)CC1. The smallest absolute Gasteiger partial charge is 0.307 e. The molecule has 0 amide bonds. The average molecular weight is 283 g/mol. The van der Waals surface area contributed by atoms with E-state index >= 15 is 0 Å². The standard InChI is InChI=1S/C17H33NO2/c1-6-12-18-17(13-15(19)20-5)10-7-8-14(9-11-17)16(2,3)4/h14,18H,6-13H2,1-5H3. The average Bonchev–Trinajstić information content (AvgIpc) is 2.59. The summed E-state index contributed by atoms with van der Waals surface area (Å²) in [6.45, 7) is 10.2. The number of nitrogens with one attached hydrogen (secondary N) is 1. The van der Waals surface area contributed by atoms with Gasteiger partial charge >= 0.3 is 5.97 Å². The number of hydrogen-bond acceptors (Lipinski definition) is 3. The minimum Gasteiger partial charge on any atom is -0.469 e. The second-order valence-corrected chi connectivity index (χ2v) is 7.45. The molecule has 2 unspecified atom stereocenters. The molecule has 0 saturated heterocycles. The summed E-state index contributed by atoms with van der Waals surface area (Å²) in [5.41, 5.74) is 0.329. The predicted molar refractivity (Wildman–Crippen MR) is 83.7 cm³/mol. The maximum absolute atomic E-state index is 11.8. The van der Waals surface area contributed by atoms with E-state index in [0.29, 0.717) is 11.8 Å². The maximum Gasteiger partial charge on any atom is 0.307 e. The fourth-order valence-electron chi connectivity index (χ4n) is 3.43. The van der Waals surface area contributed by atoms with E-state index in [1.807, 2.05) is 0 Å². The molecule has 3 nitrogen and oxygen atoms in total. The van der Waals surface area contributed by atoms with Gasteiger partial charge in [0.25, 0.3) is 0 Å². The van der Waals surface area contributed by atoms with Gasteiger partial charge in [-0.05, 0) is 50.0 Å². The molecule has 0 aromatic heterocycles. The van der Waals surface area contributed by atoms with Gasteiger partial charge in [-0.15, -0.1) is 0 Å². The molecule has 1 aliphatic rings. The molecule has 3 heteroatoms. The van der Waals surface area contributed by atoms with Crippen LogP contribution >= 0.6 is 0 Å². The first-order chi connectivity index (χ1) is 9.33. The number of methoxy groups -OCH3 is 1. The summed E-state index contributed by atoms with van der Waals surface area (Å²) in [5, 5.41) is 3.66. The number of ether oxygens (including phenoxy) is 1. The summed E-state index contributed by atoms with van der Waals surface area (Å²) in [4.78, 5) is 11.8. The Balaban J connectivity index is 2.76. The molecule has 0 bridgehead atoms. The molecular weight excluding hydrogens is 250 g/mol. The molecule has 1 aliphatic carbocycles. The van der Waals surface area contributed by atoms with Crippen LogP contribution in [0.2, 0.25) is 0 Å². The van der Waals surface area contributed by atoms with Gasteiger partial charge in [0.05, 0.1) is 13.5 Å². The van der Waals surface area contributed by atoms with E-state index in [-0.39, 0.29) is 11.5 Å². The molecule has 1 fully saturated rings. The van der Waals surface area contributed by atoms with Crippen LogP contribution in [0.15, 0.2) is 0 Å². The van der Waals surface area contributed by atoms with Crippen molar-refractivity contribution in [2.45, 2.75) is 78.2 Å². The molecule has 0 aromatic rings. The Morgan fingerprint density at radius 2 is 2.00 bits per heavy atom. The highest BCUT2D eigenvalue weighted by molar-refractivity contribution is 5.70. The maximum atomic E-state index is 11.8. The van der Waals surface area contributed by atoms with Crippen molar-refractivity contribution in [1.29, 1.82) is 0 Å². The van der Waals surface area contributed by atoms with Crippen LogP contribution in [0.25, 0.3) is 0 Å². The van der Waals surface area contributed by atoms with E-state index in [0.717, 1.165) is 31.7 Å². The Kier molecular flexibility index (Phi) is 6.50. The highest BCUT2D eigenvalue weighted by Crippen LogP contribution is 2.40. The molecule has 2 atom stereocenters. The van der Waals surface area contributed by atoms with Gasteiger partial charge in [-0.2, -0.15) is 0 Å². The monoisotopic (exact) mass is 283 g/mol. The van der Waals surface area contributed by atoms with Gasteiger partial charge in [-0.1, -0.05) is 34.1 Å². The third-order valence-electron chi connectivity index (χ3n) is 4.86. The van der Waals surface area contributed by atoms with Crippen molar-refractivity contribution >= 4 is 5.97 Å². The lowest BCUT2D eigenvalue weighted by molar-refractivity contribution is -0.142. The number of carbonyl (C=O) groups excluding carboxylic acids is 1. The van der Waals surface area contributed by atoms with Gasteiger partial charge in [-0.25, -0.2) is 0 Å². The minimum atomic E-state index is -0.0807. The van der Waals surface area contributed by atoms with Gasteiger partial charge < -0.3 is 10.1 Å². The Labute approximate surface area is 124 Å². The van der Waals surface area contributed by atoms with Gasteiger partial charge in [0.1, 0.15) is 0 Å². The molecule has 0 heterocycles. The van der Waals surface area contributed by atoms with Crippen molar-refractivity contribution in [3.8, 4) is 0 Å². The molecule has 1 rings (SSSR count). The van der Waals surface area contributed by atoms with Crippen LogP contribution in [-0.4, -0.2) is 25.2 Å². The minimum absolute atomic E-state index is 0.0386. The van der Waals surface area contributed by atoms with Crippen LogP contribution in [0.4, 0.5) is 0 Å². The van der Waals surface area contributed by atoms with Crippen LogP contribution in [0.5, 0.6) is 0 Å². The van der Waals surface area contributed by atoms with E-state index in [1.54, 1.807) is 0 Å². The van der Waals surface area contributed by atoms with E-state index in [1.165, 1.54) is 26.4 Å². The normalized spacial score (nSPS) is 27.9. The summed E-state index contributed by atoms with van der Waals surface area (Å²) >= 11 is 0. The van der Waals surface area contributed by atoms with Crippen molar-refractivity contribution < 1.29 is 9.53 Å². The number of esters is 1. The fraction of sp³-hybridized carbons (Fsp3) is 0.941. The van der Waals surface area contributed by atoms with Gasteiger partial charge in [-0.3, -0.25) is 4.79 Å². The van der Waals surface area contributed by atoms with E-state index in [9.17, 15) is 4.79 Å². The summed E-state index contributed by atoms with van der Waals surface area (Å²) in [7, 11) is 1.49. The van der Waals surface area contributed by atoms with Crippen molar-refractivity contribution in [3.63, 3.8) is 0 Å². The first-order valence-corrected chi connectivity index (χ1v) is 8.15. The molecule has 20 heavy (non-hydrogen) atoms. The highest BCUT2D eigenvalue weighted by atomic mass is 16.5. The van der Waals surface area contributed by atoms with E-state index in [2.05, 4.69) is 33.0 Å². The lowest BCUT2D eigenvalue weighted by Gasteiger charge is -2.34. The zero-order chi connectivity index (χ0) is 15.2. The molecule has 0 aromatic carbocycles. The number of carbonyl (C=O) groups is 1. The summed E-state index contributed by atoms with van der Waals surface area (Å²) < 4.78 is 4.91. The first kappa shape index (κ1) is 17.5. The van der Waals surface area contributed by atoms with Gasteiger partial charge in [0, 0.05) is 5.54 Å². The Hall–Kier alpha value is -0.570. The highest BCUT2D eigenvalue weighted by Gasteiger charge is 2.37. The quantitative estimate of drug-likeness (QED) is 0.614. The zero-order valence-electron chi connectivity index (χ0n) is 14.1. The van der Waals surface area contributed by atoms with Crippen LogP contribution in [0.1, 0.15) is 72.6 Å². The molecule has 0 radical (unpaired) electrons. The first-order valence-electron chi connectivity index (χ1n) is 8.15. The van der Waals surface area contributed by atoms with Crippen LogP contribution in [0.3, 0.4) is 0 Å². The topological polar surface area (TPSA) is 38.3 Å². The number of hydrogen-bond donors (Lipinski definition) is 1. The Bertz CT molecular complexity index is 309. The summed E-state index contributed by atoms with van der Waals surface area (Å²) in [6.07, 6.45) is 7.48. The third kappa shape index (κ3) is 5.08. The predicted octanol–water partition coefficient (Wildman–Crippen LogP) is 3.91. The van der Waals surface area contributed by atoms with Crippen LogP contribution < -0.4 is 5.32 Å². The van der Waals surface area contributed by atoms with Gasteiger partial charge in [0.2, 0.25) is 0 Å². The summed E-state index contributed by atoms with van der Waals surface area (Å²) in [6, 6.07) is 0. The summed E-state index contributed by atoms with van der Waals surface area (Å²) in [5.74, 6) is 0.674. The van der Waals surface area contributed by atoms with E-state index < -0.39 is 0 Å². The Morgan fingerprint density at radius 1 is 1.30 bits per heavy atom. The lowest BCUT2D eigenvalue weighted by Crippen LogP contribution is -2.47. The number of rotatable bonds is 5. The lowest BCUT2D eigenvalue weighted by atomic mass is 9.76. The van der Waals surface area contributed by atoms with Crippen molar-refractivity contribution in [2.75, 3.05) is 13.7 Å². The second-order valence-electron chi connectivity index (χ2n) is 7.45. The molecule has 118 valence electrons. The zero-order valence-corrected chi connectivity index (χ0v) is 14.1.